The number of benzene rings is 2. The lowest BCUT2D eigenvalue weighted by atomic mass is 9.98. The lowest BCUT2D eigenvalue weighted by Gasteiger charge is -2.30. The first-order valence-corrected chi connectivity index (χ1v) is 10.1. The Kier molecular flexibility index (Phi) is 6.93. The SMILES string of the molecule is Cc1cccc(C(C)C)c1NCCC(=O)Nc1ccccc1N1CCOCC1. The van der Waals surface area contributed by atoms with Crippen LogP contribution in [0.15, 0.2) is 42.5 Å². The van der Waals surface area contributed by atoms with Crippen molar-refractivity contribution in [3.63, 3.8) is 0 Å². The molecule has 1 saturated heterocycles. The lowest BCUT2D eigenvalue weighted by Crippen LogP contribution is -2.36. The number of amides is 1. The van der Waals surface area contributed by atoms with Gasteiger partial charge in [0.2, 0.25) is 5.91 Å². The van der Waals surface area contributed by atoms with Crippen LogP contribution in [0.25, 0.3) is 0 Å². The molecular formula is C23H31N3O2. The highest BCUT2D eigenvalue weighted by atomic mass is 16.5. The molecule has 0 saturated carbocycles. The molecule has 0 atom stereocenters. The van der Waals surface area contributed by atoms with Gasteiger partial charge in [-0.05, 0) is 36.1 Å². The highest BCUT2D eigenvalue weighted by Gasteiger charge is 2.16. The predicted octanol–water partition coefficient (Wildman–Crippen LogP) is 4.40. The standard InChI is InChI=1S/C23H31N3O2/c1-17(2)19-8-6-7-18(3)23(19)24-12-11-22(27)25-20-9-4-5-10-21(20)26-13-15-28-16-14-26/h4-10,17,24H,11-16H2,1-3H3,(H,25,27). The minimum atomic E-state index is 0.0212. The summed E-state index contributed by atoms with van der Waals surface area (Å²) in [7, 11) is 0. The maximum atomic E-state index is 12.5. The van der Waals surface area contributed by atoms with Gasteiger partial charge in [-0.15, -0.1) is 0 Å². The molecule has 0 radical (unpaired) electrons. The smallest absolute Gasteiger partial charge is 0.226 e. The molecule has 0 bridgehead atoms. The first-order chi connectivity index (χ1) is 13.6. The van der Waals surface area contributed by atoms with Crippen LogP contribution in [0, 0.1) is 6.92 Å². The highest BCUT2D eigenvalue weighted by Crippen LogP contribution is 2.28. The molecule has 3 rings (SSSR count). The van der Waals surface area contributed by atoms with E-state index in [1.165, 1.54) is 11.1 Å². The maximum Gasteiger partial charge on any atom is 0.226 e. The predicted molar refractivity (Wildman–Crippen MR) is 116 cm³/mol. The van der Waals surface area contributed by atoms with Crippen molar-refractivity contribution in [1.29, 1.82) is 0 Å². The van der Waals surface area contributed by atoms with Crippen LogP contribution in [-0.4, -0.2) is 38.8 Å². The second-order valence-electron chi connectivity index (χ2n) is 7.54. The third kappa shape index (κ3) is 5.04. The van der Waals surface area contributed by atoms with E-state index in [0.717, 1.165) is 43.4 Å². The van der Waals surface area contributed by atoms with E-state index in [1.807, 2.05) is 18.2 Å². The fourth-order valence-corrected chi connectivity index (χ4v) is 3.59. The summed E-state index contributed by atoms with van der Waals surface area (Å²) in [5.41, 5.74) is 5.59. The Balaban J connectivity index is 1.59. The molecule has 1 fully saturated rings. The maximum absolute atomic E-state index is 12.5. The van der Waals surface area contributed by atoms with Crippen molar-refractivity contribution in [2.45, 2.75) is 33.1 Å². The number of nitrogens with zero attached hydrogens (tertiary/aromatic N) is 1. The van der Waals surface area contributed by atoms with Gasteiger partial charge in [0.25, 0.3) is 0 Å². The average molecular weight is 382 g/mol. The van der Waals surface area contributed by atoms with E-state index in [0.29, 0.717) is 18.9 Å². The van der Waals surface area contributed by atoms with Crippen molar-refractivity contribution < 1.29 is 9.53 Å². The number of nitrogens with one attached hydrogen (secondary N) is 2. The quantitative estimate of drug-likeness (QED) is 0.747. The van der Waals surface area contributed by atoms with E-state index < -0.39 is 0 Å². The molecule has 28 heavy (non-hydrogen) atoms. The first-order valence-electron chi connectivity index (χ1n) is 10.1. The van der Waals surface area contributed by atoms with Gasteiger partial charge < -0.3 is 20.3 Å². The number of rotatable bonds is 7. The fraction of sp³-hybridized carbons (Fsp3) is 0.435. The molecule has 1 aliphatic heterocycles. The number of anilines is 3. The van der Waals surface area contributed by atoms with Crippen LogP contribution >= 0.6 is 0 Å². The van der Waals surface area contributed by atoms with Gasteiger partial charge in [0.15, 0.2) is 0 Å². The Hall–Kier alpha value is -2.53. The molecule has 1 heterocycles. The van der Waals surface area contributed by atoms with Gasteiger partial charge in [-0.3, -0.25) is 4.79 Å². The number of morpholine rings is 1. The zero-order valence-electron chi connectivity index (χ0n) is 17.1. The molecular weight excluding hydrogens is 350 g/mol. The summed E-state index contributed by atoms with van der Waals surface area (Å²) >= 11 is 0. The van der Waals surface area contributed by atoms with E-state index in [4.69, 9.17) is 4.74 Å². The van der Waals surface area contributed by atoms with Crippen molar-refractivity contribution in [2.24, 2.45) is 0 Å². The molecule has 150 valence electrons. The molecule has 5 heteroatoms. The number of ether oxygens (including phenoxy) is 1. The van der Waals surface area contributed by atoms with Gasteiger partial charge in [0.05, 0.1) is 24.6 Å². The van der Waals surface area contributed by atoms with E-state index in [9.17, 15) is 4.79 Å². The molecule has 2 aromatic carbocycles. The monoisotopic (exact) mass is 381 g/mol. The molecule has 1 aliphatic rings. The fourth-order valence-electron chi connectivity index (χ4n) is 3.59. The summed E-state index contributed by atoms with van der Waals surface area (Å²) < 4.78 is 5.44. The second kappa shape index (κ2) is 9.60. The summed E-state index contributed by atoms with van der Waals surface area (Å²) in [4.78, 5) is 14.8. The van der Waals surface area contributed by atoms with Gasteiger partial charge in [-0.2, -0.15) is 0 Å². The van der Waals surface area contributed by atoms with Crippen molar-refractivity contribution in [3.05, 3.63) is 53.6 Å². The first kappa shape index (κ1) is 20.2. The molecule has 2 aromatic rings. The Morgan fingerprint density at radius 3 is 2.61 bits per heavy atom. The van der Waals surface area contributed by atoms with Gasteiger partial charge in [0, 0.05) is 31.7 Å². The largest absolute Gasteiger partial charge is 0.384 e. The molecule has 0 aromatic heterocycles. The van der Waals surface area contributed by atoms with Crippen LogP contribution in [0.5, 0.6) is 0 Å². The Bertz CT molecular complexity index is 798. The van der Waals surface area contributed by atoms with Crippen LogP contribution in [-0.2, 0) is 9.53 Å². The van der Waals surface area contributed by atoms with Crippen molar-refractivity contribution in [1.82, 2.24) is 0 Å². The zero-order valence-corrected chi connectivity index (χ0v) is 17.1. The number of aryl methyl sites for hydroxylation is 1. The second-order valence-corrected chi connectivity index (χ2v) is 7.54. The van der Waals surface area contributed by atoms with Gasteiger partial charge in [-0.1, -0.05) is 44.2 Å². The summed E-state index contributed by atoms with van der Waals surface area (Å²) in [5, 5.41) is 6.55. The van der Waals surface area contributed by atoms with Crippen molar-refractivity contribution in [2.75, 3.05) is 48.4 Å². The molecule has 0 unspecified atom stereocenters. The van der Waals surface area contributed by atoms with E-state index in [-0.39, 0.29) is 5.91 Å². The van der Waals surface area contributed by atoms with Crippen LogP contribution in [0.3, 0.4) is 0 Å². The van der Waals surface area contributed by atoms with Gasteiger partial charge >= 0.3 is 0 Å². The Labute approximate surface area is 168 Å². The van der Waals surface area contributed by atoms with Crippen molar-refractivity contribution in [3.8, 4) is 0 Å². The van der Waals surface area contributed by atoms with Crippen LogP contribution in [0.4, 0.5) is 17.1 Å². The highest BCUT2D eigenvalue weighted by molar-refractivity contribution is 5.94. The summed E-state index contributed by atoms with van der Waals surface area (Å²) in [5.74, 6) is 0.463. The minimum Gasteiger partial charge on any atom is -0.384 e. The topological polar surface area (TPSA) is 53.6 Å². The lowest BCUT2D eigenvalue weighted by molar-refractivity contribution is -0.115. The van der Waals surface area contributed by atoms with E-state index in [1.54, 1.807) is 0 Å². The zero-order chi connectivity index (χ0) is 19.9. The van der Waals surface area contributed by atoms with Gasteiger partial charge in [0.1, 0.15) is 0 Å². The summed E-state index contributed by atoms with van der Waals surface area (Å²) in [6.45, 7) is 10.2. The number of hydrogen-bond donors (Lipinski definition) is 2. The molecule has 0 aliphatic carbocycles. The minimum absolute atomic E-state index is 0.0212. The third-order valence-electron chi connectivity index (χ3n) is 5.11. The number of carbonyl (C=O) groups excluding carboxylic acids is 1. The van der Waals surface area contributed by atoms with Crippen LogP contribution in [0.2, 0.25) is 0 Å². The number of para-hydroxylation sites is 3. The molecule has 2 N–H and O–H groups in total. The van der Waals surface area contributed by atoms with E-state index >= 15 is 0 Å². The van der Waals surface area contributed by atoms with Crippen molar-refractivity contribution >= 4 is 23.0 Å². The van der Waals surface area contributed by atoms with E-state index in [2.05, 4.69) is 60.6 Å². The summed E-state index contributed by atoms with van der Waals surface area (Å²) in [6, 6.07) is 14.3. The third-order valence-corrected chi connectivity index (χ3v) is 5.11. The number of carbonyl (C=O) groups is 1. The van der Waals surface area contributed by atoms with Crippen LogP contribution < -0.4 is 15.5 Å². The van der Waals surface area contributed by atoms with Gasteiger partial charge in [-0.25, -0.2) is 0 Å². The Morgan fingerprint density at radius 2 is 1.86 bits per heavy atom. The molecule has 5 nitrogen and oxygen atoms in total. The average Bonchev–Trinajstić information content (AvgIpc) is 2.70. The molecule has 0 spiro atoms. The van der Waals surface area contributed by atoms with Crippen LogP contribution in [0.1, 0.15) is 37.3 Å². The Morgan fingerprint density at radius 1 is 1.11 bits per heavy atom. The molecule has 1 amide bonds. The summed E-state index contributed by atoms with van der Waals surface area (Å²) in [6.07, 6.45) is 0.420. The normalized spacial score (nSPS) is 14.2. The number of hydrogen-bond acceptors (Lipinski definition) is 4.